The molecule has 1 aromatic rings. The maximum Gasteiger partial charge on any atom is 0.115 e. The zero-order valence-electron chi connectivity index (χ0n) is 14.5. The Hall–Kier alpha value is -1.06. The van der Waals surface area contributed by atoms with E-state index in [9.17, 15) is 15.5 Å². The van der Waals surface area contributed by atoms with Gasteiger partial charge in [0.1, 0.15) is 5.75 Å². The molecule has 25 heavy (non-hydrogen) atoms. The lowest BCUT2D eigenvalue weighted by Gasteiger charge is -2.54. The lowest BCUT2D eigenvalue weighted by Crippen LogP contribution is -2.52. The fourth-order valence-corrected chi connectivity index (χ4v) is 6.83. The summed E-state index contributed by atoms with van der Waals surface area (Å²) in [6.07, 6.45) is 6.52. The summed E-state index contributed by atoms with van der Waals surface area (Å²) in [5, 5.41) is 31.1. The van der Waals surface area contributed by atoms with Crippen LogP contribution in [0.1, 0.15) is 49.7 Å². The maximum absolute atomic E-state index is 11.3. The van der Waals surface area contributed by atoms with E-state index in [1.165, 1.54) is 11.1 Å². The van der Waals surface area contributed by atoms with Crippen molar-refractivity contribution >= 4 is 22.6 Å². The van der Waals surface area contributed by atoms with Crippen LogP contribution >= 0.6 is 22.6 Å². The Morgan fingerprint density at radius 1 is 1.36 bits per heavy atom. The molecule has 4 rings (SSSR count). The van der Waals surface area contributed by atoms with E-state index in [0.717, 1.165) is 32.1 Å². The van der Waals surface area contributed by atoms with E-state index in [2.05, 4.69) is 35.6 Å². The van der Waals surface area contributed by atoms with Crippen LogP contribution in [0.3, 0.4) is 0 Å². The van der Waals surface area contributed by atoms with Gasteiger partial charge in [-0.1, -0.05) is 35.6 Å². The molecule has 0 amide bonds. The van der Waals surface area contributed by atoms with Crippen molar-refractivity contribution in [3.63, 3.8) is 0 Å². The highest BCUT2D eigenvalue weighted by Crippen LogP contribution is 2.66. The van der Waals surface area contributed by atoms with E-state index in [1.807, 2.05) is 22.3 Å². The molecular formula is C21H24INO2. The number of rotatable bonds is 1. The van der Waals surface area contributed by atoms with Gasteiger partial charge in [0.2, 0.25) is 0 Å². The van der Waals surface area contributed by atoms with Gasteiger partial charge in [0, 0.05) is 11.3 Å². The molecule has 2 fully saturated rings. The molecule has 3 aliphatic carbocycles. The highest BCUT2D eigenvalue weighted by atomic mass is 127. The first-order valence-corrected chi connectivity index (χ1v) is 10.4. The quantitative estimate of drug-likeness (QED) is 0.613. The van der Waals surface area contributed by atoms with Crippen molar-refractivity contribution in [2.45, 2.75) is 50.5 Å². The zero-order chi connectivity index (χ0) is 17.8. The van der Waals surface area contributed by atoms with Crippen molar-refractivity contribution in [3.8, 4) is 11.8 Å². The van der Waals surface area contributed by atoms with Gasteiger partial charge in [-0.2, -0.15) is 5.26 Å². The van der Waals surface area contributed by atoms with E-state index >= 15 is 0 Å². The van der Waals surface area contributed by atoms with E-state index in [0.29, 0.717) is 17.6 Å². The number of aryl methyl sites for hydroxylation is 1. The average Bonchev–Trinajstić information content (AvgIpc) is 2.85. The largest absolute Gasteiger partial charge is 0.508 e. The Kier molecular flexibility index (Phi) is 4.16. The molecule has 6 atom stereocenters. The minimum absolute atomic E-state index is 0.0814. The van der Waals surface area contributed by atoms with Gasteiger partial charge in [-0.05, 0) is 77.4 Å². The molecule has 3 nitrogen and oxygen atoms in total. The minimum atomic E-state index is -0.797. The minimum Gasteiger partial charge on any atom is -0.508 e. The van der Waals surface area contributed by atoms with Crippen molar-refractivity contribution < 1.29 is 10.2 Å². The molecule has 0 saturated heterocycles. The third-order valence-electron chi connectivity index (χ3n) is 7.44. The molecule has 2 saturated carbocycles. The van der Waals surface area contributed by atoms with Crippen molar-refractivity contribution in [1.29, 1.82) is 5.26 Å². The Morgan fingerprint density at radius 2 is 2.16 bits per heavy atom. The zero-order valence-corrected chi connectivity index (χ0v) is 16.6. The Bertz CT molecular complexity index is 770. The predicted molar refractivity (Wildman–Crippen MR) is 105 cm³/mol. The molecule has 0 radical (unpaired) electrons. The SMILES string of the molecule is C[C@]12C[C@H](C#N)C3c4ccc(O)cc4CCC3C1CC[C@@]2(O)/C=C/I. The summed E-state index contributed by atoms with van der Waals surface area (Å²) in [6, 6.07) is 8.23. The third kappa shape index (κ3) is 2.39. The van der Waals surface area contributed by atoms with E-state index in [-0.39, 0.29) is 17.3 Å². The van der Waals surface area contributed by atoms with Crippen LogP contribution < -0.4 is 0 Å². The molecule has 3 unspecified atom stereocenters. The lowest BCUT2D eigenvalue weighted by molar-refractivity contribution is -0.0814. The van der Waals surface area contributed by atoms with Gasteiger partial charge in [-0.15, -0.1) is 0 Å². The normalized spacial score (nSPS) is 42.5. The summed E-state index contributed by atoms with van der Waals surface area (Å²) >= 11 is 2.18. The summed E-state index contributed by atoms with van der Waals surface area (Å²) in [5.41, 5.74) is 1.42. The summed E-state index contributed by atoms with van der Waals surface area (Å²) < 4.78 is 1.93. The van der Waals surface area contributed by atoms with Crippen LogP contribution in [-0.2, 0) is 6.42 Å². The van der Waals surface area contributed by atoms with Gasteiger partial charge in [0.05, 0.1) is 17.6 Å². The molecule has 0 aliphatic heterocycles. The number of nitrogens with zero attached hydrogens (tertiary/aromatic N) is 1. The van der Waals surface area contributed by atoms with Gasteiger partial charge in [0.25, 0.3) is 0 Å². The number of hydrogen-bond donors (Lipinski definition) is 2. The molecule has 132 valence electrons. The number of halogens is 1. The maximum atomic E-state index is 11.3. The van der Waals surface area contributed by atoms with Gasteiger partial charge < -0.3 is 10.2 Å². The third-order valence-corrected chi connectivity index (χ3v) is 7.80. The van der Waals surface area contributed by atoms with Crippen molar-refractivity contribution in [2.24, 2.45) is 23.2 Å². The second-order valence-corrected chi connectivity index (χ2v) is 9.05. The van der Waals surface area contributed by atoms with Crippen LogP contribution in [0.2, 0.25) is 0 Å². The van der Waals surface area contributed by atoms with Gasteiger partial charge in [-0.3, -0.25) is 0 Å². The summed E-state index contributed by atoms with van der Waals surface area (Å²) in [5.74, 6) is 1.35. The molecule has 1 aromatic carbocycles. The predicted octanol–water partition coefficient (Wildman–Crippen LogP) is 4.68. The Labute approximate surface area is 162 Å². The fraction of sp³-hybridized carbons (Fsp3) is 0.571. The van der Waals surface area contributed by atoms with Crippen LogP contribution in [0.15, 0.2) is 28.4 Å². The van der Waals surface area contributed by atoms with E-state index in [1.54, 1.807) is 6.07 Å². The molecule has 0 heterocycles. The number of phenols is 1. The second-order valence-electron chi connectivity index (χ2n) is 8.33. The summed E-state index contributed by atoms with van der Waals surface area (Å²) in [4.78, 5) is 0. The lowest BCUT2D eigenvalue weighted by atomic mass is 9.50. The van der Waals surface area contributed by atoms with Gasteiger partial charge >= 0.3 is 0 Å². The van der Waals surface area contributed by atoms with Crippen LogP contribution in [0, 0.1) is 34.5 Å². The number of hydrogen-bond acceptors (Lipinski definition) is 3. The number of aliphatic hydroxyl groups is 1. The van der Waals surface area contributed by atoms with Crippen LogP contribution in [0.5, 0.6) is 5.75 Å². The first-order valence-electron chi connectivity index (χ1n) is 9.15. The molecule has 0 bridgehead atoms. The Morgan fingerprint density at radius 3 is 2.88 bits per heavy atom. The van der Waals surface area contributed by atoms with E-state index < -0.39 is 5.60 Å². The van der Waals surface area contributed by atoms with Crippen molar-refractivity contribution in [1.82, 2.24) is 0 Å². The van der Waals surface area contributed by atoms with E-state index in [4.69, 9.17) is 0 Å². The molecule has 0 aromatic heterocycles. The molecule has 4 heteroatoms. The number of benzene rings is 1. The fourth-order valence-electron chi connectivity index (χ4n) is 6.24. The summed E-state index contributed by atoms with van der Waals surface area (Å²) in [7, 11) is 0. The molecular weight excluding hydrogens is 425 g/mol. The van der Waals surface area contributed by atoms with Gasteiger partial charge in [-0.25, -0.2) is 0 Å². The molecule has 2 N–H and O–H groups in total. The molecule has 3 aliphatic rings. The Balaban J connectivity index is 1.79. The van der Waals surface area contributed by atoms with Crippen LogP contribution in [-0.4, -0.2) is 15.8 Å². The topological polar surface area (TPSA) is 64.2 Å². The number of aromatic hydroxyl groups is 1. The van der Waals surface area contributed by atoms with Gasteiger partial charge in [0.15, 0.2) is 0 Å². The van der Waals surface area contributed by atoms with Crippen LogP contribution in [0.25, 0.3) is 0 Å². The monoisotopic (exact) mass is 449 g/mol. The first-order chi connectivity index (χ1) is 11.9. The van der Waals surface area contributed by atoms with Crippen molar-refractivity contribution in [3.05, 3.63) is 39.5 Å². The van der Waals surface area contributed by atoms with Crippen molar-refractivity contribution in [2.75, 3.05) is 0 Å². The molecule has 0 spiro atoms. The highest BCUT2D eigenvalue weighted by Gasteiger charge is 2.63. The second kappa shape index (κ2) is 5.99. The standard InChI is InChI=1S/C21H24INO2/c1-20-11-14(12-23)19-16-5-3-15(24)10-13(16)2-4-17(19)18(20)6-7-21(20,25)8-9-22/h3,5,8-10,14,17-19,24-25H,2,4,6-7,11H2,1H3/b9-8+/t14-,17?,18?,19?,20+,21-/m1/s1. The highest BCUT2D eigenvalue weighted by molar-refractivity contribution is 14.1. The number of nitriles is 1. The average molecular weight is 449 g/mol. The number of phenolic OH excluding ortho intramolecular Hbond substituents is 1. The van der Waals surface area contributed by atoms with Crippen LogP contribution in [0.4, 0.5) is 0 Å². The number of fused-ring (bicyclic) bond motifs is 5. The first kappa shape index (κ1) is 17.4. The smallest absolute Gasteiger partial charge is 0.115 e. The summed E-state index contributed by atoms with van der Waals surface area (Å²) in [6.45, 7) is 2.20.